The predicted molar refractivity (Wildman–Crippen MR) is 118 cm³/mol. The van der Waals surface area contributed by atoms with Crippen LogP contribution in [0.3, 0.4) is 0 Å². The minimum Gasteiger partial charge on any atom is -0.488 e. The van der Waals surface area contributed by atoms with Crippen LogP contribution in [0.5, 0.6) is 5.75 Å². The lowest BCUT2D eigenvalue weighted by Crippen LogP contribution is -2.43. The van der Waals surface area contributed by atoms with Crippen molar-refractivity contribution in [3.8, 4) is 16.2 Å². The molecule has 0 radical (unpaired) electrons. The molecule has 1 atom stereocenters. The summed E-state index contributed by atoms with van der Waals surface area (Å²) in [4.78, 5) is 17.4. The molecular formula is C24H24N2O3S. The molecule has 1 saturated heterocycles. The van der Waals surface area contributed by atoms with Gasteiger partial charge >= 0.3 is 0 Å². The Balaban J connectivity index is 1.38. The third-order valence-electron chi connectivity index (χ3n) is 5.60. The lowest BCUT2D eigenvalue weighted by molar-refractivity contribution is 0.0332. The van der Waals surface area contributed by atoms with Gasteiger partial charge in [0.2, 0.25) is 0 Å². The van der Waals surface area contributed by atoms with E-state index in [1.807, 2.05) is 42.5 Å². The molecule has 2 aliphatic rings. The van der Waals surface area contributed by atoms with E-state index in [1.54, 1.807) is 11.3 Å². The maximum atomic E-state index is 13.2. The molecular weight excluding hydrogens is 396 g/mol. The van der Waals surface area contributed by atoms with Gasteiger partial charge in [-0.1, -0.05) is 42.5 Å². The van der Waals surface area contributed by atoms with E-state index in [4.69, 9.17) is 9.47 Å². The van der Waals surface area contributed by atoms with Crippen molar-refractivity contribution < 1.29 is 14.3 Å². The summed E-state index contributed by atoms with van der Waals surface area (Å²) >= 11 is 1.54. The first-order chi connectivity index (χ1) is 14.8. The van der Waals surface area contributed by atoms with E-state index in [1.165, 1.54) is 0 Å². The second-order valence-corrected chi connectivity index (χ2v) is 8.65. The van der Waals surface area contributed by atoms with E-state index in [2.05, 4.69) is 28.4 Å². The van der Waals surface area contributed by atoms with Gasteiger partial charge in [0.1, 0.15) is 12.4 Å². The molecule has 1 unspecified atom stereocenters. The number of nitrogens with one attached hydrogen (secondary N) is 1. The second kappa shape index (κ2) is 8.60. The normalized spacial score (nSPS) is 16.8. The van der Waals surface area contributed by atoms with Crippen LogP contribution in [0.1, 0.15) is 26.8 Å². The maximum absolute atomic E-state index is 13.2. The van der Waals surface area contributed by atoms with Crippen molar-refractivity contribution in [3.05, 3.63) is 76.7 Å². The zero-order valence-corrected chi connectivity index (χ0v) is 17.5. The molecule has 30 heavy (non-hydrogen) atoms. The average Bonchev–Trinajstić information content (AvgIpc) is 3.25. The summed E-state index contributed by atoms with van der Waals surface area (Å²) in [6.07, 6.45) is 0. The number of nitrogens with zero attached hydrogens (tertiary/aromatic N) is 1. The molecule has 1 amide bonds. The molecule has 1 N–H and O–H groups in total. The molecule has 2 aromatic carbocycles. The Kier molecular flexibility index (Phi) is 5.53. The topological polar surface area (TPSA) is 50.8 Å². The number of para-hydroxylation sites is 1. The van der Waals surface area contributed by atoms with Crippen molar-refractivity contribution in [3.63, 3.8) is 0 Å². The Labute approximate surface area is 180 Å². The average molecular weight is 421 g/mol. The number of morpholine rings is 1. The van der Waals surface area contributed by atoms with E-state index in [0.29, 0.717) is 6.61 Å². The lowest BCUT2D eigenvalue weighted by Gasteiger charge is -2.31. The summed E-state index contributed by atoms with van der Waals surface area (Å²) in [5.74, 6) is 0.849. The van der Waals surface area contributed by atoms with E-state index < -0.39 is 0 Å². The van der Waals surface area contributed by atoms with E-state index >= 15 is 0 Å². The van der Waals surface area contributed by atoms with Crippen LogP contribution in [0.2, 0.25) is 0 Å². The standard InChI is InChI=1S/C24H24N2O3S/c27-24(22-14-18-16-29-21-9-5-4-8-19(21)23(18)30-22)25-20(17-6-2-1-3-7-17)15-26-10-12-28-13-11-26/h1-9,14,20H,10-13,15-16H2,(H,25,27). The fraction of sp³-hybridized carbons (Fsp3) is 0.292. The fourth-order valence-corrected chi connectivity index (χ4v) is 5.10. The lowest BCUT2D eigenvalue weighted by atomic mass is 10.1. The van der Waals surface area contributed by atoms with Crippen LogP contribution in [0.4, 0.5) is 0 Å². The van der Waals surface area contributed by atoms with Gasteiger partial charge in [-0.2, -0.15) is 0 Å². The largest absolute Gasteiger partial charge is 0.488 e. The molecule has 154 valence electrons. The summed E-state index contributed by atoms with van der Waals surface area (Å²) in [7, 11) is 0. The molecule has 5 rings (SSSR count). The number of carbonyl (C=O) groups is 1. The quantitative estimate of drug-likeness (QED) is 0.675. The van der Waals surface area contributed by atoms with Crippen LogP contribution in [-0.4, -0.2) is 43.7 Å². The number of fused-ring (bicyclic) bond motifs is 3. The number of ether oxygens (including phenoxy) is 2. The third kappa shape index (κ3) is 3.99. The minimum absolute atomic E-state index is 0.0333. The number of hydrogen-bond donors (Lipinski definition) is 1. The minimum atomic E-state index is -0.0699. The van der Waals surface area contributed by atoms with Crippen molar-refractivity contribution in [2.24, 2.45) is 0 Å². The number of carbonyl (C=O) groups excluding carboxylic acids is 1. The van der Waals surface area contributed by atoms with Crippen molar-refractivity contribution in [1.29, 1.82) is 0 Å². The highest BCUT2D eigenvalue weighted by Crippen LogP contribution is 2.42. The summed E-state index contributed by atoms with van der Waals surface area (Å²) in [6.45, 7) is 4.54. The molecule has 0 aliphatic carbocycles. The van der Waals surface area contributed by atoms with Crippen LogP contribution in [0.15, 0.2) is 60.7 Å². The predicted octanol–water partition coefficient (Wildman–Crippen LogP) is 4.11. The van der Waals surface area contributed by atoms with Crippen molar-refractivity contribution in [1.82, 2.24) is 10.2 Å². The number of rotatable bonds is 5. The number of hydrogen-bond acceptors (Lipinski definition) is 5. The SMILES string of the molecule is O=C(NC(CN1CCOCC1)c1ccccc1)c1cc2c(s1)-c1ccccc1OC2. The highest BCUT2D eigenvalue weighted by molar-refractivity contribution is 7.17. The zero-order valence-electron chi connectivity index (χ0n) is 16.7. The zero-order chi connectivity index (χ0) is 20.3. The fourth-order valence-electron chi connectivity index (χ4n) is 4.00. The Hall–Kier alpha value is -2.67. The summed E-state index contributed by atoms with van der Waals surface area (Å²) < 4.78 is 11.3. The highest BCUT2D eigenvalue weighted by atomic mass is 32.1. The number of amides is 1. The van der Waals surface area contributed by atoms with Gasteiger partial charge in [0.05, 0.1) is 24.1 Å². The Morgan fingerprint density at radius 1 is 1.07 bits per heavy atom. The first kappa shape index (κ1) is 19.3. The Bertz CT molecular complexity index is 1030. The Morgan fingerprint density at radius 2 is 1.83 bits per heavy atom. The van der Waals surface area contributed by atoms with Crippen LogP contribution in [-0.2, 0) is 11.3 Å². The van der Waals surface area contributed by atoms with Crippen molar-refractivity contribution in [2.75, 3.05) is 32.8 Å². The van der Waals surface area contributed by atoms with E-state index in [9.17, 15) is 4.79 Å². The second-order valence-electron chi connectivity index (χ2n) is 7.60. The molecule has 2 aliphatic heterocycles. The van der Waals surface area contributed by atoms with Crippen LogP contribution in [0.25, 0.3) is 10.4 Å². The van der Waals surface area contributed by atoms with E-state index in [-0.39, 0.29) is 11.9 Å². The van der Waals surface area contributed by atoms with Crippen molar-refractivity contribution >= 4 is 17.2 Å². The molecule has 5 nitrogen and oxygen atoms in total. The van der Waals surface area contributed by atoms with Gasteiger partial charge in [-0.05, 0) is 23.8 Å². The van der Waals surface area contributed by atoms with Crippen LogP contribution in [0, 0.1) is 0 Å². The maximum Gasteiger partial charge on any atom is 0.261 e. The van der Waals surface area contributed by atoms with Crippen molar-refractivity contribution in [2.45, 2.75) is 12.6 Å². The molecule has 3 aromatic rings. The molecule has 1 fully saturated rings. The molecule has 1 aromatic heterocycles. The van der Waals surface area contributed by atoms with Gasteiger partial charge in [-0.25, -0.2) is 0 Å². The Morgan fingerprint density at radius 3 is 2.67 bits per heavy atom. The van der Waals surface area contributed by atoms with Gasteiger partial charge in [-0.15, -0.1) is 11.3 Å². The van der Waals surface area contributed by atoms with Gasteiger partial charge in [0.15, 0.2) is 0 Å². The van der Waals surface area contributed by atoms with Gasteiger partial charge in [0.25, 0.3) is 5.91 Å². The highest BCUT2D eigenvalue weighted by Gasteiger charge is 2.25. The van der Waals surface area contributed by atoms with Crippen LogP contribution < -0.4 is 10.1 Å². The monoisotopic (exact) mass is 420 g/mol. The first-order valence-electron chi connectivity index (χ1n) is 10.3. The number of thiophene rings is 1. The summed E-state index contributed by atoms with van der Waals surface area (Å²) in [5.41, 5.74) is 3.26. The third-order valence-corrected chi connectivity index (χ3v) is 6.81. The first-order valence-corrected chi connectivity index (χ1v) is 11.1. The van der Waals surface area contributed by atoms with Gasteiger partial charge < -0.3 is 14.8 Å². The molecule has 0 spiro atoms. The van der Waals surface area contributed by atoms with E-state index in [0.717, 1.165) is 65.0 Å². The molecule has 6 heteroatoms. The summed E-state index contributed by atoms with van der Waals surface area (Å²) in [5, 5.41) is 3.28. The molecule has 0 bridgehead atoms. The smallest absolute Gasteiger partial charge is 0.261 e. The van der Waals surface area contributed by atoms with Gasteiger partial charge in [0, 0.05) is 35.6 Å². The van der Waals surface area contributed by atoms with Gasteiger partial charge in [-0.3, -0.25) is 9.69 Å². The van der Waals surface area contributed by atoms with Crippen LogP contribution >= 0.6 is 11.3 Å². The molecule has 3 heterocycles. The number of benzene rings is 2. The molecule has 0 saturated carbocycles. The summed E-state index contributed by atoms with van der Waals surface area (Å²) in [6, 6.07) is 20.1.